The van der Waals surface area contributed by atoms with Gasteiger partial charge in [-0.2, -0.15) is 0 Å². The van der Waals surface area contributed by atoms with Crippen LogP contribution in [0.3, 0.4) is 0 Å². The van der Waals surface area contributed by atoms with Gasteiger partial charge in [0.2, 0.25) is 5.91 Å². The monoisotopic (exact) mass is 239 g/mol. The van der Waals surface area contributed by atoms with Crippen LogP contribution >= 0.6 is 0 Å². The van der Waals surface area contributed by atoms with Gasteiger partial charge in [-0.1, -0.05) is 19.1 Å². The van der Waals surface area contributed by atoms with E-state index < -0.39 is 0 Å². The summed E-state index contributed by atoms with van der Waals surface area (Å²) in [7, 11) is 0. The highest BCUT2D eigenvalue weighted by Crippen LogP contribution is 1.98. The molecular weight excluding hydrogens is 222 g/mol. The Morgan fingerprint density at radius 2 is 2.24 bits per heavy atom. The first-order valence-corrected chi connectivity index (χ1v) is 5.41. The zero-order chi connectivity index (χ0) is 12.8. The van der Waals surface area contributed by atoms with E-state index in [0.29, 0.717) is 5.69 Å². The van der Waals surface area contributed by atoms with Gasteiger partial charge in [-0.15, -0.1) is 5.10 Å². The lowest BCUT2D eigenvalue weighted by molar-refractivity contribution is -0.122. The van der Waals surface area contributed by atoms with Gasteiger partial charge in [-0.05, 0) is 0 Å². The molecule has 1 heterocycles. The normalized spacial score (nSPS) is 10.6. The Morgan fingerprint density at radius 3 is 2.82 bits per heavy atom. The molecule has 0 spiro atoms. The number of nitrogens with one attached hydrogen (secondary N) is 1. The highest BCUT2D eigenvalue weighted by molar-refractivity contribution is 5.80. The highest BCUT2D eigenvalue weighted by atomic mass is 16.1. The molecule has 94 valence electrons. The van der Waals surface area contributed by atoms with Crippen LogP contribution in [0.4, 0.5) is 0 Å². The second-order valence-electron chi connectivity index (χ2n) is 4.01. The quantitative estimate of drug-likeness (QED) is 0.668. The van der Waals surface area contributed by atoms with E-state index in [0.717, 1.165) is 0 Å². The lowest BCUT2D eigenvalue weighted by Crippen LogP contribution is -2.29. The van der Waals surface area contributed by atoms with Crippen LogP contribution in [0.2, 0.25) is 0 Å². The van der Waals surface area contributed by atoms with E-state index in [-0.39, 0.29) is 37.2 Å². The fraction of sp³-hybridized carbons (Fsp3) is 0.600. The molecule has 1 aromatic heterocycles. The van der Waals surface area contributed by atoms with Gasteiger partial charge in [0.15, 0.2) is 5.78 Å². The third-order valence-corrected chi connectivity index (χ3v) is 2.20. The molecule has 3 N–H and O–H groups in total. The van der Waals surface area contributed by atoms with Gasteiger partial charge >= 0.3 is 0 Å². The summed E-state index contributed by atoms with van der Waals surface area (Å²) in [5.41, 5.74) is 5.74. The van der Waals surface area contributed by atoms with E-state index in [1.807, 2.05) is 13.8 Å². The van der Waals surface area contributed by atoms with Crippen LogP contribution in [0.15, 0.2) is 6.20 Å². The van der Waals surface area contributed by atoms with Crippen LogP contribution in [0, 0.1) is 5.92 Å². The predicted molar refractivity (Wildman–Crippen MR) is 60.8 cm³/mol. The van der Waals surface area contributed by atoms with Crippen LogP contribution in [-0.2, 0) is 22.7 Å². The number of aromatic nitrogens is 3. The van der Waals surface area contributed by atoms with Crippen molar-refractivity contribution in [3.05, 3.63) is 11.9 Å². The maximum Gasteiger partial charge on any atom is 0.234 e. The number of rotatable bonds is 6. The van der Waals surface area contributed by atoms with E-state index in [2.05, 4.69) is 15.6 Å². The van der Waals surface area contributed by atoms with E-state index in [1.165, 1.54) is 4.68 Å². The predicted octanol–water partition coefficient (Wildman–Crippen LogP) is -0.922. The fourth-order valence-corrected chi connectivity index (χ4v) is 1.10. The molecule has 0 atom stereocenters. The number of amides is 1. The van der Waals surface area contributed by atoms with E-state index in [4.69, 9.17) is 5.73 Å². The number of hydrogen-bond acceptors (Lipinski definition) is 5. The molecule has 0 unspecified atom stereocenters. The number of nitrogens with two attached hydrogens (primary N) is 1. The summed E-state index contributed by atoms with van der Waals surface area (Å²) >= 11 is 0. The van der Waals surface area contributed by atoms with Crippen molar-refractivity contribution in [2.24, 2.45) is 11.7 Å². The molecule has 1 aromatic rings. The summed E-state index contributed by atoms with van der Waals surface area (Å²) in [4.78, 5) is 22.4. The molecule has 17 heavy (non-hydrogen) atoms. The van der Waals surface area contributed by atoms with Crippen molar-refractivity contribution in [2.45, 2.75) is 26.9 Å². The van der Waals surface area contributed by atoms with Crippen LogP contribution in [0.25, 0.3) is 0 Å². The van der Waals surface area contributed by atoms with Crippen molar-refractivity contribution in [1.82, 2.24) is 20.3 Å². The summed E-state index contributed by atoms with van der Waals surface area (Å²) in [5, 5.41) is 10.2. The average Bonchev–Trinajstić information content (AvgIpc) is 2.73. The van der Waals surface area contributed by atoms with Crippen LogP contribution in [-0.4, -0.2) is 33.2 Å². The molecule has 0 bridgehead atoms. The standard InChI is InChI=1S/C10H17N5O2/c1-7(2)9(16)6-15-5-8(13-14-15)4-12-10(17)3-11/h5,7H,3-4,6,11H2,1-2H3,(H,12,17). The first-order valence-electron chi connectivity index (χ1n) is 5.41. The van der Waals surface area contributed by atoms with Crippen molar-refractivity contribution in [3.8, 4) is 0 Å². The Balaban J connectivity index is 2.48. The summed E-state index contributed by atoms with van der Waals surface area (Å²) in [6, 6.07) is 0. The molecule has 7 heteroatoms. The van der Waals surface area contributed by atoms with Gasteiger partial charge in [0.05, 0.1) is 19.3 Å². The van der Waals surface area contributed by atoms with Gasteiger partial charge in [-0.3, -0.25) is 9.59 Å². The maximum absolute atomic E-state index is 11.5. The van der Waals surface area contributed by atoms with Crippen molar-refractivity contribution in [1.29, 1.82) is 0 Å². The number of carbonyl (C=O) groups excluding carboxylic acids is 2. The average molecular weight is 239 g/mol. The van der Waals surface area contributed by atoms with E-state index in [9.17, 15) is 9.59 Å². The molecule has 0 aromatic carbocycles. The largest absolute Gasteiger partial charge is 0.349 e. The molecule has 1 rings (SSSR count). The molecule has 0 aliphatic rings. The molecule has 0 saturated carbocycles. The van der Waals surface area contributed by atoms with Crippen LogP contribution < -0.4 is 11.1 Å². The van der Waals surface area contributed by atoms with Gasteiger partial charge in [-0.25, -0.2) is 4.68 Å². The summed E-state index contributed by atoms with van der Waals surface area (Å²) < 4.78 is 1.46. The number of ketones is 1. The topological polar surface area (TPSA) is 103 Å². The second-order valence-corrected chi connectivity index (χ2v) is 4.01. The molecule has 0 radical (unpaired) electrons. The smallest absolute Gasteiger partial charge is 0.234 e. The first kappa shape index (κ1) is 13.3. The minimum Gasteiger partial charge on any atom is -0.349 e. The minimum absolute atomic E-state index is 0.0282. The van der Waals surface area contributed by atoms with Crippen molar-refractivity contribution in [2.75, 3.05) is 6.54 Å². The summed E-state index contributed by atoms with van der Waals surface area (Å²) in [5.74, 6) is -0.190. The highest BCUT2D eigenvalue weighted by Gasteiger charge is 2.09. The lowest BCUT2D eigenvalue weighted by Gasteiger charge is -2.02. The third-order valence-electron chi connectivity index (χ3n) is 2.20. The lowest BCUT2D eigenvalue weighted by atomic mass is 10.1. The van der Waals surface area contributed by atoms with Gasteiger partial charge in [0.25, 0.3) is 0 Å². The number of nitrogens with zero attached hydrogens (tertiary/aromatic N) is 3. The second kappa shape index (κ2) is 6.09. The SMILES string of the molecule is CC(C)C(=O)Cn1cc(CNC(=O)CN)nn1. The minimum atomic E-state index is -0.252. The van der Waals surface area contributed by atoms with E-state index >= 15 is 0 Å². The van der Waals surface area contributed by atoms with Gasteiger partial charge in [0.1, 0.15) is 12.2 Å². The summed E-state index contributed by atoms with van der Waals surface area (Å²) in [6.07, 6.45) is 1.64. The third kappa shape index (κ3) is 4.31. The summed E-state index contributed by atoms with van der Waals surface area (Å²) in [6.45, 7) is 4.09. The molecule has 1 amide bonds. The molecule has 0 aliphatic heterocycles. The zero-order valence-corrected chi connectivity index (χ0v) is 10.0. The fourth-order valence-electron chi connectivity index (χ4n) is 1.10. The Kier molecular flexibility index (Phi) is 4.77. The molecule has 0 fully saturated rings. The van der Waals surface area contributed by atoms with Crippen molar-refractivity contribution in [3.63, 3.8) is 0 Å². The Hall–Kier alpha value is -1.76. The number of hydrogen-bond donors (Lipinski definition) is 2. The van der Waals surface area contributed by atoms with Crippen LogP contribution in [0.1, 0.15) is 19.5 Å². The van der Waals surface area contributed by atoms with Crippen molar-refractivity contribution >= 4 is 11.7 Å². The number of carbonyl (C=O) groups is 2. The van der Waals surface area contributed by atoms with Crippen LogP contribution in [0.5, 0.6) is 0 Å². The van der Waals surface area contributed by atoms with Gasteiger partial charge < -0.3 is 11.1 Å². The zero-order valence-electron chi connectivity index (χ0n) is 10.0. The van der Waals surface area contributed by atoms with Gasteiger partial charge in [0, 0.05) is 5.92 Å². The first-order chi connectivity index (χ1) is 8.02. The van der Waals surface area contributed by atoms with E-state index in [1.54, 1.807) is 6.20 Å². The molecule has 7 nitrogen and oxygen atoms in total. The maximum atomic E-state index is 11.5. The Bertz CT molecular complexity index is 399. The molecule has 0 aliphatic carbocycles. The molecule has 0 saturated heterocycles. The molecular formula is C10H17N5O2. The number of Topliss-reactive ketones (excluding diaryl/α,β-unsaturated/α-hetero) is 1. The Morgan fingerprint density at radius 1 is 1.53 bits per heavy atom. The Labute approximate surface area is 99.4 Å². The van der Waals surface area contributed by atoms with Crippen molar-refractivity contribution < 1.29 is 9.59 Å².